The molecule has 3 aromatic rings. The monoisotopic (exact) mass is 306 g/mol. The second-order valence-corrected chi connectivity index (χ2v) is 5.54. The van der Waals surface area contributed by atoms with Gasteiger partial charge in [0, 0.05) is 5.39 Å². The first-order chi connectivity index (χ1) is 11.2. The quantitative estimate of drug-likeness (QED) is 0.543. The molecule has 0 fully saturated rings. The Morgan fingerprint density at radius 1 is 1.00 bits per heavy atom. The Kier molecular flexibility index (Phi) is 4.42. The van der Waals surface area contributed by atoms with E-state index in [1.807, 2.05) is 30.3 Å². The van der Waals surface area contributed by atoms with Gasteiger partial charge in [0.1, 0.15) is 0 Å². The van der Waals surface area contributed by atoms with Gasteiger partial charge in [0.2, 0.25) is 0 Å². The van der Waals surface area contributed by atoms with Gasteiger partial charge in [-0.2, -0.15) is 0 Å². The smallest absolute Gasteiger partial charge is 0.172 e. The van der Waals surface area contributed by atoms with Gasteiger partial charge < -0.3 is 4.74 Å². The summed E-state index contributed by atoms with van der Waals surface area (Å²) in [4.78, 5) is 0. The number of ether oxygens (including phenoxy) is 1. The van der Waals surface area contributed by atoms with Crippen molar-refractivity contribution in [3.8, 4) is 16.9 Å². The summed E-state index contributed by atoms with van der Waals surface area (Å²) in [6.45, 7) is 3.75. The summed E-state index contributed by atoms with van der Waals surface area (Å²) in [7, 11) is 1.48. The van der Waals surface area contributed by atoms with Crippen LogP contribution in [0.4, 0.5) is 4.39 Å². The highest BCUT2D eigenvalue weighted by Crippen LogP contribution is 2.30. The van der Waals surface area contributed by atoms with Crippen molar-refractivity contribution in [3.05, 3.63) is 78.6 Å². The summed E-state index contributed by atoms with van der Waals surface area (Å²) >= 11 is 0. The van der Waals surface area contributed by atoms with E-state index in [0.717, 1.165) is 29.4 Å². The zero-order valence-electron chi connectivity index (χ0n) is 13.2. The van der Waals surface area contributed by atoms with Crippen molar-refractivity contribution in [1.29, 1.82) is 0 Å². The van der Waals surface area contributed by atoms with Crippen LogP contribution in [0.15, 0.2) is 67.3 Å². The highest BCUT2D eigenvalue weighted by atomic mass is 19.1. The maximum absolute atomic E-state index is 14.2. The standard InChI is InChI=1S/C21H19FO/c1-3-4-5-15-6-8-16(9-7-15)17-10-12-19-18(14-17)11-13-20(23-2)21(19)22/h3,6-14H,1,4-5H2,2H3. The molecule has 0 bridgehead atoms. The lowest BCUT2D eigenvalue weighted by molar-refractivity contribution is 0.389. The third-order valence-electron chi connectivity index (χ3n) is 4.06. The SMILES string of the molecule is C=CCCc1ccc(-c2ccc3c(F)c(OC)ccc3c2)cc1. The lowest BCUT2D eigenvalue weighted by Gasteiger charge is -2.08. The number of benzene rings is 3. The molecule has 3 aromatic carbocycles. The van der Waals surface area contributed by atoms with Gasteiger partial charge in [-0.25, -0.2) is 4.39 Å². The molecule has 3 rings (SSSR count). The Morgan fingerprint density at radius 3 is 2.43 bits per heavy atom. The lowest BCUT2D eigenvalue weighted by Crippen LogP contribution is -1.90. The van der Waals surface area contributed by atoms with Gasteiger partial charge in [-0.15, -0.1) is 6.58 Å². The van der Waals surface area contributed by atoms with Crippen LogP contribution in [0, 0.1) is 5.82 Å². The van der Waals surface area contributed by atoms with Crippen molar-refractivity contribution in [3.63, 3.8) is 0 Å². The fourth-order valence-electron chi connectivity index (χ4n) is 2.74. The van der Waals surface area contributed by atoms with Crippen molar-refractivity contribution in [2.75, 3.05) is 7.11 Å². The molecule has 0 aliphatic heterocycles. The number of rotatable bonds is 5. The normalized spacial score (nSPS) is 10.7. The number of hydrogen-bond donors (Lipinski definition) is 0. The van der Waals surface area contributed by atoms with Gasteiger partial charge in [-0.3, -0.25) is 0 Å². The number of allylic oxidation sites excluding steroid dienone is 1. The van der Waals surface area contributed by atoms with E-state index in [1.54, 1.807) is 6.07 Å². The predicted octanol–water partition coefficient (Wildman–Crippen LogP) is 5.77. The number of fused-ring (bicyclic) bond motifs is 1. The topological polar surface area (TPSA) is 9.23 Å². The maximum Gasteiger partial charge on any atom is 0.172 e. The van der Waals surface area contributed by atoms with Gasteiger partial charge in [0.05, 0.1) is 7.11 Å². The molecule has 0 saturated carbocycles. The second-order valence-electron chi connectivity index (χ2n) is 5.54. The summed E-state index contributed by atoms with van der Waals surface area (Å²) in [6, 6.07) is 17.8. The van der Waals surface area contributed by atoms with Crippen molar-refractivity contribution in [2.45, 2.75) is 12.8 Å². The minimum absolute atomic E-state index is 0.275. The highest BCUT2D eigenvalue weighted by molar-refractivity contribution is 5.89. The molecule has 2 heteroatoms. The second kappa shape index (κ2) is 6.66. The Balaban J connectivity index is 1.95. The fraction of sp³-hybridized carbons (Fsp3) is 0.143. The fourth-order valence-corrected chi connectivity index (χ4v) is 2.74. The summed E-state index contributed by atoms with van der Waals surface area (Å²) in [5.74, 6) is -0.0341. The Bertz CT molecular complexity index is 834. The third-order valence-corrected chi connectivity index (χ3v) is 4.06. The molecule has 0 amide bonds. The summed E-state index contributed by atoms with van der Waals surface area (Å²) in [6.07, 6.45) is 3.92. The Hall–Kier alpha value is -2.61. The molecule has 0 N–H and O–H groups in total. The summed E-state index contributed by atoms with van der Waals surface area (Å²) < 4.78 is 19.3. The van der Waals surface area contributed by atoms with E-state index in [4.69, 9.17) is 4.74 Å². The summed E-state index contributed by atoms with van der Waals surface area (Å²) in [5.41, 5.74) is 3.51. The van der Waals surface area contributed by atoms with Crippen LogP contribution in [0.3, 0.4) is 0 Å². The molecule has 0 atom stereocenters. The molecule has 116 valence electrons. The molecule has 0 aromatic heterocycles. The largest absolute Gasteiger partial charge is 0.494 e. The van der Waals surface area contributed by atoms with Crippen LogP contribution in [-0.4, -0.2) is 7.11 Å². The van der Waals surface area contributed by atoms with Crippen LogP contribution in [-0.2, 0) is 6.42 Å². The molecular formula is C21H19FO. The van der Waals surface area contributed by atoms with Crippen LogP contribution >= 0.6 is 0 Å². The van der Waals surface area contributed by atoms with Gasteiger partial charge in [0.15, 0.2) is 11.6 Å². The molecular weight excluding hydrogens is 287 g/mol. The van der Waals surface area contributed by atoms with Gasteiger partial charge in [0.25, 0.3) is 0 Å². The lowest BCUT2D eigenvalue weighted by atomic mass is 9.99. The van der Waals surface area contributed by atoms with Crippen LogP contribution < -0.4 is 4.74 Å². The minimum Gasteiger partial charge on any atom is -0.494 e. The Morgan fingerprint density at radius 2 is 1.74 bits per heavy atom. The molecule has 1 nitrogen and oxygen atoms in total. The summed E-state index contributed by atoms with van der Waals surface area (Å²) in [5, 5.41) is 1.45. The van der Waals surface area contributed by atoms with Crippen LogP contribution in [0.5, 0.6) is 5.75 Å². The predicted molar refractivity (Wildman–Crippen MR) is 94.4 cm³/mol. The van der Waals surface area contributed by atoms with E-state index in [-0.39, 0.29) is 11.6 Å². The van der Waals surface area contributed by atoms with Crippen LogP contribution in [0.1, 0.15) is 12.0 Å². The van der Waals surface area contributed by atoms with Crippen LogP contribution in [0.2, 0.25) is 0 Å². The van der Waals surface area contributed by atoms with Crippen molar-refractivity contribution >= 4 is 10.8 Å². The first-order valence-electron chi connectivity index (χ1n) is 7.69. The first-order valence-corrected chi connectivity index (χ1v) is 7.69. The van der Waals surface area contributed by atoms with Crippen molar-refractivity contribution < 1.29 is 9.13 Å². The van der Waals surface area contributed by atoms with Gasteiger partial charge in [-0.05, 0) is 47.1 Å². The number of hydrogen-bond acceptors (Lipinski definition) is 1. The zero-order chi connectivity index (χ0) is 16.2. The molecule has 0 heterocycles. The average molecular weight is 306 g/mol. The van der Waals surface area contributed by atoms with E-state index in [9.17, 15) is 4.39 Å². The molecule has 0 saturated heterocycles. The number of aryl methyl sites for hydroxylation is 1. The molecule has 0 spiro atoms. The van der Waals surface area contributed by atoms with E-state index >= 15 is 0 Å². The van der Waals surface area contributed by atoms with Gasteiger partial charge in [-0.1, -0.05) is 48.5 Å². The van der Waals surface area contributed by atoms with Gasteiger partial charge >= 0.3 is 0 Å². The Labute approximate surface area is 136 Å². The number of halogens is 1. The third kappa shape index (κ3) is 3.11. The molecule has 0 aliphatic carbocycles. The molecule has 0 aliphatic rings. The molecule has 0 unspecified atom stereocenters. The average Bonchev–Trinajstić information content (AvgIpc) is 2.60. The maximum atomic E-state index is 14.2. The highest BCUT2D eigenvalue weighted by Gasteiger charge is 2.08. The minimum atomic E-state index is -0.309. The van der Waals surface area contributed by atoms with Crippen molar-refractivity contribution in [2.24, 2.45) is 0 Å². The van der Waals surface area contributed by atoms with E-state index in [1.165, 1.54) is 12.7 Å². The molecule has 0 radical (unpaired) electrons. The van der Waals surface area contributed by atoms with Crippen LogP contribution in [0.25, 0.3) is 21.9 Å². The van der Waals surface area contributed by atoms with E-state index in [2.05, 4.69) is 30.8 Å². The first kappa shape index (κ1) is 15.3. The van der Waals surface area contributed by atoms with E-state index < -0.39 is 0 Å². The molecule has 23 heavy (non-hydrogen) atoms. The van der Waals surface area contributed by atoms with Crippen molar-refractivity contribution in [1.82, 2.24) is 0 Å². The zero-order valence-corrected chi connectivity index (χ0v) is 13.2. The number of methoxy groups -OCH3 is 1. The van der Waals surface area contributed by atoms with E-state index in [0.29, 0.717) is 5.39 Å².